The van der Waals surface area contributed by atoms with E-state index in [9.17, 15) is 5.11 Å². The lowest BCUT2D eigenvalue weighted by Gasteiger charge is -2.34. The predicted octanol–water partition coefficient (Wildman–Crippen LogP) is 3.51. The highest BCUT2D eigenvalue weighted by molar-refractivity contribution is 5.02. The van der Waals surface area contributed by atoms with E-state index in [0.717, 1.165) is 11.8 Å². The molecule has 1 aromatic heterocycles. The second-order valence-electron chi connectivity index (χ2n) is 6.45. The van der Waals surface area contributed by atoms with Gasteiger partial charge in [-0.15, -0.1) is 0 Å². The van der Waals surface area contributed by atoms with Gasteiger partial charge in [-0.3, -0.25) is 0 Å². The molecule has 1 heterocycles. The van der Waals surface area contributed by atoms with Crippen molar-refractivity contribution >= 4 is 0 Å². The van der Waals surface area contributed by atoms with E-state index in [2.05, 4.69) is 26.1 Å². The fourth-order valence-electron chi connectivity index (χ4n) is 3.49. The highest BCUT2D eigenvalue weighted by atomic mass is 16.4. The molecule has 0 amide bonds. The van der Waals surface area contributed by atoms with Gasteiger partial charge in [0.2, 0.25) is 0 Å². The van der Waals surface area contributed by atoms with Gasteiger partial charge in [0, 0.05) is 12.1 Å². The molecule has 108 valence electrons. The molecule has 3 heteroatoms. The zero-order chi connectivity index (χ0) is 13.8. The summed E-state index contributed by atoms with van der Waals surface area (Å²) in [6, 6.07) is 4.56. The van der Waals surface area contributed by atoms with Crippen LogP contribution in [0.3, 0.4) is 0 Å². The van der Waals surface area contributed by atoms with Gasteiger partial charge in [0.15, 0.2) is 0 Å². The Morgan fingerprint density at radius 2 is 2.00 bits per heavy atom. The van der Waals surface area contributed by atoms with Crippen LogP contribution in [0, 0.1) is 11.8 Å². The summed E-state index contributed by atoms with van der Waals surface area (Å²) in [5.41, 5.74) is 0. The van der Waals surface area contributed by atoms with Crippen molar-refractivity contribution in [3.05, 3.63) is 24.2 Å². The van der Waals surface area contributed by atoms with Crippen LogP contribution in [0.25, 0.3) is 0 Å². The Hall–Kier alpha value is -0.800. The Kier molecular flexibility index (Phi) is 5.06. The second kappa shape index (κ2) is 6.58. The minimum atomic E-state index is -0.504. The molecular weight excluding hydrogens is 238 g/mol. The normalized spacial score (nSPS) is 31.1. The topological polar surface area (TPSA) is 45.4 Å². The van der Waals surface area contributed by atoms with E-state index in [0.29, 0.717) is 24.3 Å². The quantitative estimate of drug-likeness (QED) is 0.856. The average molecular weight is 265 g/mol. The van der Waals surface area contributed by atoms with E-state index in [4.69, 9.17) is 4.42 Å². The number of rotatable bonds is 5. The Labute approximate surface area is 116 Å². The first kappa shape index (κ1) is 14.6. The number of nitrogens with one attached hydrogen (secondary N) is 1. The number of hydrogen-bond acceptors (Lipinski definition) is 3. The smallest absolute Gasteiger partial charge is 0.132 e. The number of hydrogen-bond donors (Lipinski definition) is 2. The highest BCUT2D eigenvalue weighted by Crippen LogP contribution is 2.29. The lowest BCUT2D eigenvalue weighted by molar-refractivity contribution is 0.122. The van der Waals surface area contributed by atoms with Gasteiger partial charge >= 0.3 is 0 Å². The molecule has 0 bridgehead atoms. The Morgan fingerprint density at radius 3 is 2.58 bits per heavy atom. The fraction of sp³-hybridized carbons (Fsp3) is 0.750. The van der Waals surface area contributed by atoms with Crippen LogP contribution in [-0.4, -0.2) is 17.2 Å². The number of furan rings is 1. The summed E-state index contributed by atoms with van der Waals surface area (Å²) >= 11 is 0. The van der Waals surface area contributed by atoms with E-state index in [-0.39, 0.29) is 0 Å². The van der Waals surface area contributed by atoms with E-state index in [1.807, 2.05) is 12.1 Å². The van der Waals surface area contributed by atoms with Crippen LogP contribution >= 0.6 is 0 Å². The zero-order valence-electron chi connectivity index (χ0n) is 12.3. The highest BCUT2D eigenvalue weighted by Gasteiger charge is 2.25. The van der Waals surface area contributed by atoms with Gasteiger partial charge in [-0.25, -0.2) is 0 Å². The molecule has 1 aliphatic rings. The largest absolute Gasteiger partial charge is 0.467 e. The lowest BCUT2D eigenvalue weighted by atomic mass is 9.80. The monoisotopic (exact) mass is 265 g/mol. The third-order valence-electron chi connectivity index (χ3n) is 4.15. The van der Waals surface area contributed by atoms with Crippen molar-refractivity contribution < 1.29 is 9.52 Å². The summed E-state index contributed by atoms with van der Waals surface area (Å²) in [7, 11) is 0. The maximum atomic E-state index is 10.1. The van der Waals surface area contributed by atoms with Crippen LogP contribution in [0.5, 0.6) is 0 Å². The summed E-state index contributed by atoms with van der Waals surface area (Å²) in [5.74, 6) is 2.28. The second-order valence-corrected chi connectivity index (χ2v) is 6.45. The summed E-state index contributed by atoms with van der Waals surface area (Å²) in [5, 5.41) is 13.8. The van der Waals surface area contributed by atoms with Crippen molar-refractivity contribution in [2.24, 2.45) is 11.8 Å². The summed E-state index contributed by atoms with van der Waals surface area (Å²) in [6.45, 7) is 6.83. The van der Waals surface area contributed by atoms with Gasteiger partial charge in [-0.05, 0) is 56.6 Å². The van der Waals surface area contributed by atoms with Gasteiger partial charge in [-0.2, -0.15) is 0 Å². The maximum absolute atomic E-state index is 10.1. The third-order valence-corrected chi connectivity index (χ3v) is 4.15. The molecule has 2 N–H and O–H groups in total. The lowest BCUT2D eigenvalue weighted by Crippen LogP contribution is -2.41. The van der Waals surface area contributed by atoms with E-state index >= 15 is 0 Å². The van der Waals surface area contributed by atoms with E-state index < -0.39 is 6.10 Å². The van der Waals surface area contributed by atoms with Gasteiger partial charge in [0.1, 0.15) is 11.9 Å². The molecule has 1 saturated carbocycles. The molecule has 19 heavy (non-hydrogen) atoms. The fourth-order valence-corrected chi connectivity index (χ4v) is 3.49. The number of aliphatic hydroxyl groups excluding tert-OH is 1. The van der Waals surface area contributed by atoms with Gasteiger partial charge in [-0.1, -0.05) is 13.8 Å². The zero-order valence-corrected chi connectivity index (χ0v) is 12.3. The van der Waals surface area contributed by atoms with Gasteiger partial charge in [0.05, 0.1) is 6.26 Å². The Morgan fingerprint density at radius 1 is 1.32 bits per heavy atom. The molecule has 3 nitrogen and oxygen atoms in total. The van der Waals surface area contributed by atoms with Crippen molar-refractivity contribution in [2.45, 2.75) is 64.6 Å². The van der Waals surface area contributed by atoms with Crippen LogP contribution in [0.1, 0.15) is 58.3 Å². The molecule has 1 aliphatic carbocycles. The summed E-state index contributed by atoms with van der Waals surface area (Å²) < 4.78 is 5.24. The molecule has 0 radical (unpaired) electrons. The first-order valence-electron chi connectivity index (χ1n) is 7.52. The molecule has 0 aromatic carbocycles. The molecule has 2 rings (SSSR count). The molecule has 0 aliphatic heterocycles. The minimum absolute atomic E-state index is 0.308. The molecule has 0 spiro atoms. The van der Waals surface area contributed by atoms with Crippen molar-refractivity contribution in [2.75, 3.05) is 0 Å². The summed E-state index contributed by atoms with van der Waals surface area (Å²) in [6.07, 6.45) is 5.67. The Balaban J connectivity index is 1.79. The van der Waals surface area contributed by atoms with Crippen LogP contribution in [0.15, 0.2) is 22.8 Å². The molecule has 0 saturated heterocycles. The minimum Gasteiger partial charge on any atom is -0.467 e. The Bertz CT molecular complexity index is 353. The molecule has 4 atom stereocenters. The summed E-state index contributed by atoms with van der Waals surface area (Å²) in [4.78, 5) is 0. The average Bonchev–Trinajstić information content (AvgIpc) is 2.80. The van der Waals surface area contributed by atoms with Crippen molar-refractivity contribution in [1.82, 2.24) is 5.32 Å². The SMILES string of the molecule is CC1CC(C)CC(NC(C)CC(O)c2ccco2)C1. The van der Waals surface area contributed by atoms with Crippen molar-refractivity contribution in [3.63, 3.8) is 0 Å². The molecule has 1 fully saturated rings. The molecular formula is C16H27NO2. The van der Waals surface area contributed by atoms with Crippen LogP contribution in [0.4, 0.5) is 0 Å². The first-order valence-corrected chi connectivity index (χ1v) is 7.52. The van der Waals surface area contributed by atoms with E-state index in [1.165, 1.54) is 19.3 Å². The van der Waals surface area contributed by atoms with Crippen LogP contribution in [-0.2, 0) is 0 Å². The standard InChI is InChI=1S/C16H27NO2/c1-11-7-12(2)9-14(8-11)17-13(3)10-15(18)16-5-4-6-19-16/h4-6,11-15,17-18H,7-10H2,1-3H3. The van der Waals surface area contributed by atoms with E-state index in [1.54, 1.807) is 6.26 Å². The van der Waals surface area contributed by atoms with Gasteiger partial charge < -0.3 is 14.8 Å². The van der Waals surface area contributed by atoms with Crippen molar-refractivity contribution in [1.29, 1.82) is 0 Å². The van der Waals surface area contributed by atoms with Gasteiger partial charge in [0.25, 0.3) is 0 Å². The van der Waals surface area contributed by atoms with Crippen LogP contribution < -0.4 is 5.32 Å². The molecule has 1 aromatic rings. The first-order chi connectivity index (χ1) is 9.04. The predicted molar refractivity (Wildman–Crippen MR) is 76.8 cm³/mol. The third kappa shape index (κ3) is 4.36. The molecule has 4 unspecified atom stereocenters. The van der Waals surface area contributed by atoms with Crippen LogP contribution in [0.2, 0.25) is 0 Å². The maximum Gasteiger partial charge on any atom is 0.132 e. The van der Waals surface area contributed by atoms with Crippen molar-refractivity contribution in [3.8, 4) is 0 Å². The number of aliphatic hydroxyl groups is 1.